The number of nitrogens with zero attached hydrogens (tertiary/aromatic N) is 3. The van der Waals surface area contributed by atoms with Crippen LogP contribution in [0.15, 0.2) is 4.52 Å². The molecule has 2 saturated carbocycles. The van der Waals surface area contributed by atoms with Crippen molar-refractivity contribution in [3.05, 3.63) is 16.5 Å². The van der Waals surface area contributed by atoms with E-state index in [2.05, 4.69) is 10.1 Å². The number of nitrogens with two attached hydrogens (primary N) is 1. The molecule has 0 radical (unpaired) electrons. The standard InChI is InChI=1S/C15H20N4OS.ClH/c1-9-11(21-13(17-9)10-5-2-3-6-10)12-18-14(19-20-12)15(16)7-4-8-15;/h10H,2-8,16H2,1H3;1H. The number of rotatable bonds is 3. The second-order valence-corrected chi connectivity index (χ2v) is 7.41. The Hall–Kier alpha value is -0.980. The summed E-state index contributed by atoms with van der Waals surface area (Å²) < 4.78 is 5.46. The first-order valence-corrected chi connectivity index (χ1v) is 8.58. The van der Waals surface area contributed by atoms with Crippen molar-refractivity contribution < 1.29 is 4.52 Å². The lowest BCUT2D eigenvalue weighted by Crippen LogP contribution is -2.44. The summed E-state index contributed by atoms with van der Waals surface area (Å²) in [6.45, 7) is 2.02. The van der Waals surface area contributed by atoms with Gasteiger partial charge >= 0.3 is 0 Å². The molecule has 0 spiro atoms. The van der Waals surface area contributed by atoms with Crippen LogP contribution in [0, 0.1) is 6.92 Å². The van der Waals surface area contributed by atoms with Crippen molar-refractivity contribution in [3.63, 3.8) is 0 Å². The van der Waals surface area contributed by atoms with Crippen molar-refractivity contribution in [2.45, 2.75) is 63.3 Å². The molecule has 2 heterocycles. The molecule has 0 aromatic carbocycles. The van der Waals surface area contributed by atoms with Crippen LogP contribution in [-0.4, -0.2) is 15.1 Å². The zero-order valence-corrected chi connectivity index (χ0v) is 14.3. The molecular weight excluding hydrogens is 320 g/mol. The Morgan fingerprint density at radius 2 is 1.91 bits per heavy atom. The molecule has 2 aromatic heterocycles. The van der Waals surface area contributed by atoms with Crippen molar-refractivity contribution in [2.75, 3.05) is 0 Å². The van der Waals surface area contributed by atoms with Gasteiger partial charge in [0.05, 0.1) is 16.2 Å². The van der Waals surface area contributed by atoms with Gasteiger partial charge in [0.25, 0.3) is 5.89 Å². The van der Waals surface area contributed by atoms with E-state index in [4.69, 9.17) is 15.2 Å². The van der Waals surface area contributed by atoms with E-state index in [1.54, 1.807) is 11.3 Å². The minimum Gasteiger partial charge on any atom is -0.333 e. The maximum atomic E-state index is 6.26. The average Bonchev–Trinajstić information content (AvgIpc) is 3.15. The van der Waals surface area contributed by atoms with E-state index in [9.17, 15) is 0 Å². The Morgan fingerprint density at radius 1 is 1.18 bits per heavy atom. The molecule has 0 saturated heterocycles. The van der Waals surface area contributed by atoms with Crippen LogP contribution in [0.3, 0.4) is 0 Å². The van der Waals surface area contributed by atoms with Crippen molar-refractivity contribution in [1.82, 2.24) is 15.1 Å². The number of hydrogen-bond donors (Lipinski definition) is 1. The van der Waals surface area contributed by atoms with E-state index in [-0.39, 0.29) is 17.9 Å². The smallest absolute Gasteiger partial charge is 0.269 e. The van der Waals surface area contributed by atoms with Crippen LogP contribution in [-0.2, 0) is 5.54 Å². The second-order valence-electron chi connectivity index (χ2n) is 6.38. The summed E-state index contributed by atoms with van der Waals surface area (Å²) in [7, 11) is 0. The third-order valence-corrected chi connectivity index (χ3v) is 6.14. The molecular formula is C15H21ClN4OS. The molecule has 4 rings (SSSR count). The van der Waals surface area contributed by atoms with Crippen LogP contribution in [0.4, 0.5) is 0 Å². The Labute approximate surface area is 140 Å². The lowest BCUT2D eigenvalue weighted by molar-refractivity contribution is 0.229. The van der Waals surface area contributed by atoms with Gasteiger partial charge in [-0.3, -0.25) is 0 Å². The molecule has 22 heavy (non-hydrogen) atoms. The normalized spacial score (nSPS) is 20.6. The minimum atomic E-state index is -0.366. The van der Waals surface area contributed by atoms with Crippen molar-refractivity contribution >= 4 is 23.7 Å². The van der Waals surface area contributed by atoms with Crippen LogP contribution in [0.1, 0.15) is 67.4 Å². The zero-order valence-electron chi connectivity index (χ0n) is 12.7. The molecule has 2 aliphatic carbocycles. The molecule has 0 atom stereocenters. The van der Waals surface area contributed by atoms with Gasteiger partial charge in [-0.25, -0.2) is 4.98 Å². The summed E-state index contributed by atoms with van der Waals surface area (Å²) in [5.41, 5.74) is 6.89. The van der Waals surface area contributed by atoms with E-state index < -0.39 is 0 Å². The fraction of sp³-hybridized carbons (Fsp3) is 0.667. The van der Waals surface area contributed by atoms with E-state index in [0.717, 1.165) is 29.8 Å². The van der Waals surface area contributed by atoms with Gasteiger partial charge in [0.15, 0.2) is 5.82 Å². The fourth-order valence-corrected chi connectivity index (χ4v) is 4.42. The summed E-state index contributed by atoms with van der Waals surface area (Å²) >= 11 is 1.71. The SMILES string of the molecule is Cc1nc(C2CCCC2)sc1-c1nc(C2(N)CCC2)no1.Cl. The van der Waals surface area contributed by atoms with E-state index in [1.807, 2.05) is 6.92 Å². The van der Waals surface area contributed by atoms with Gasteiger partial charge in [0.1, 0.15) is 4.88 Å². The third-order valence-electron chi connectivity index (χ3n) is 4.83. The summed E-state index contributed by atoms with van der Waals surface area (Å²) in [5, 5.41) is 5.33. The predicted molar refractivity (Wildman–Crippen MR) is 88.3 cm³/mol. The Kier molecular flexibility index (Phi) is 4.27. The molecule has 0 aliphatic heterocycles. The summed E-state index contributed by atoms with van der Waals surface area (Å²) in [6.07, 6.45) is 8.19. The summed E-state index contributed by atoms with van der Waals surface area (Å²) in [6, 6.07) is 0. The number of aromatic nitrogens is 3. The van der Waals surface area contributed by atoms with Crippen LogP contribution >= 0.6 is 23.7 Å². The molecule has 5 nitrogen and oxygen atoms in total. The van der Waals surface area contributed by atoms with Crippen LogP contribution in [0.5, 0.6) is 0 Å². The van der Waals surface area contributed by atoms with Gasteiger partial charge in [0, 0.05) is 5.92 Å². The summed E-state index contributed by atoms with van der Waals surface area (Å²) in [5.74, 6) is 1.86. The zero-order chi connectivity index (χ0) is 14.4. The molecule has 7 heteroatoms. The Bertz CT molecular complexity index is 658. The molecule has 0 amide bonds. The second kappa shape index (κ2) is 5.91. The lowest BCUT2D eigenvalue weighted by Gasteiger charge is -2.34. The largest absolute Gasteiger partial charge is 0.333 e. The topological polar surface area (TPSA) is 77.8 Å². The average molecular weight is 341 g/mol. The van der Waals surface area contributed by atoms with Crippen LogP contribution in [0.25, 0.3) is 10.8 Å². The maximum Gasteiger partial charge on any atom is 0.269 e. The molecule has 120 valence electrons. The van der Waals surface area contributed by atoms with Gasteiger partial charge in [0.2, 0.25) is 0 Å². The maximum absolute atomic E-state index is 6.26. The Balaban J connectivity index is 0.00000144. The highest BCUT2D eigenvalue weighted by molar-refractivity contribution is 7.15. The van der Waals surface area contributed by atoms with Crippen molar-refractivity contribution in [1.29, 1.82) is 0 Å². The van der Waals surface area contributed by atoms with Gasteiger partial charge in [-0.2, -0.15) is 4.98 Å². The van der Waals surface area contributed by atoms with Crippen LogP contribution < -0.4 is 5.73 Å². The number of halogens is 1. The molecule has 2 aliphatic rings. The number of hydrogen-bond acceptors (Lipinski definition) is 6. The molecule has 2 fully saturated rings. The van der Waals surface area contributed by atoms with Gasteiger partial charge in [-0.1, -0.05) is 18.0 Å². The highest BCUT2D eigenvalue weighted by atomic mass is 35.5. The van der Waals surface area contributed by atoms with Crippen molar-refractivity contribution in [3.8, 4) is 10.8 Å². The molecule has 2 aromatic rings. The van der Waals surface area contributed by atoms with E-state index in [0.29, 0.717) is 17.6 Å². The quantitative estimate of drug-likeness (QED) is 0.916. The van der Waals surface area contributed by atoms with Crippen molar-refractivity contribution in [2.24, 2.45) is 5.73 Å². The van der Waals surface area contributed by atoms with Gasteiger partial charge in [-0.05, 0) is 39.0 Å². The monoisotopic (exact) mass is 340 g/mol. The number of thiazole rings is 1. The van der Waals surface area contributed by atoms with E-state index in [1.165, 1.54) is 30.7 Å². The van der Waals surface area contributed by atoms with Gasteiger partial charge in [-0.15, -0.1) is 23.7 Å². The first-order valence-electron chi connectivity index (χ1n) is 7.76. The first kappa shape index (κ1) is 15.9. The predicted octanol–water partition coefficient (Wildman–Crippen LogP) is 3.92. The fourth-order valence-electron chi connectivity index (χ4n) is 3.26. The van der Waals surface area contributed by atoms with Gasteiger partial charge < -0.3 is 10.3 Å². The Morgan fingerprint density at radius 3 is 2.55 bits per heavy atom. The highest BCUT2D eigenvalue weighted by Crippen LogP contribution is 2.41. The molecule has 2 N–H and O–H groups in total. The first-order chi connectivity index (χ1) is 10.2. The number of aryl methyl sites for hydroxylation is 1. The molecule has 0 unspecified atom stereocenters. The van der Waals surface area contributed by atoms with E-state index >= 15 is 0 Å². The summed E-state index contributed by atoms with van der Waals surface area (Å²) in [4.78, 5) is 10.3. The van der Waals surface area contributed by atoms with Crippen LogP contribution in [0.2, 0.25) is 0 Å². The molecule has 0 bridgehead atoms. The third kappa shape index (κ3) is 2.57. The lowest BCUT2D eigenvalue weighted by atomic mass is 9.77. The minimum absolute atomic E-state index is 0. The highest BCUT2D eigenvalue weighted by Gasteiger charge is 2.39.